The molecule has 0 aromatic carbocycles. The van der Waals surface area contributed by atoms with Crippen molar-refractivity contribution >= 4 is 5.82 Å². The van der Waals surface area contributed by atoms with Gasteiger partial charge in [0.2, 0.25) is 0 Å². The molecule has 2 aromatic heterocycles. The van der Waals surface area contributed by atoms with E-state index < -0.39 is 0 Å². The lowest BCUT2D eigenvalue weighted by atomic mass is 10.0. The summed E-state index contributed by atoms with van der Waals surface area (Å²) in [7, 11) is 0. The van der Waals surface area contributed by atoms with Gasteiger partial charge in [0.1, 0.15) is 5.82 Å². The smallest absolute Gasteiger partial charge is 0.160 e. The van der Waals surface area contributed by atoms with Crippen LogP contribution >= 0.6 is 0 Å². The van der Waals surface area contributed by atoms with Crippen molar-refractivity contribution in [2.75, 3.05) is 5.73 Å². The van der Waals surface area contributed by atoms with Crippen LogP contribution in [-0.4, -0.2) is 15.0 Å². The van der Waals surface area contributed by atoms with Crippen molar-refractivity contribution in [1.82, 2.24) is 15.0 Å². The molecule has 0 unspecified atom stereocenters. The minimum absolute atomic E-state index is 0.344. The van der Waals surface area contributed by atoms with E-state index in [1.807, 2.05) is 6.07 Å². The van der Waals surface area contributed by atoms with Crippen molar-refractivity contribution in [3.8, 4) is 11.4 Å². The Kier molecular flexibility index (Phi) is 2.81. The minimum Gasteiger partial charge on any atom is -0.383 e. The molecule has 0 radical (unpaired) electrons. The Balaban J connectivity index is 2.48. The Morgan fingerprint density at radius 2 is 1.81 bits per heavy atom. The third-order valence-electron chi connectivity index (χ3n) is 2.40. The van der Waals surface area contributed by atoms with Gasteiger partial charge in [0.15, 0.2) is 5.82 Å². The number of nitrogens with zero attached hydrogens (tertiary/aromatic N) is 3. The van der Waals surface area contributed by atoms with E-state index in [0.717, 1.165) is 11.1 Å². The summed E-state index contributed by atoms with van der Waals surface area (Å²) in [4.78, 5) is 12.5. The number of hydrogen-bond donors (Lipinski definition) is 1. The van der Waals surface area contributed by atoms with Crippen LogP contribution in [0.3, 0.4) is 0 Å². The number of nitrogen functional groups attached to an aromatic ring is 1. The highest BCUT2D eigenvalue weighted by Crippen LogP contribution is 2.24. The third kappa shape index (κ3) is 2.00. The van der Waals surface area contributed by atoms with Crippen LogP contribution in [0.1, 0.15) is 25.3 Å². The van der Waals surface area contributed by atoms with Gasteiger partial charge in [0, 0.05) is 24.2 Å². The van der Waals surface area contributed by atoms with E-state index in [0.29, 0.717) is 17.6 Å². The summed E-state index contributed by atoms with van der Waals surface area (Å²) in [5.41, 5.74) is 7.75. The van der Waals surface area contributed by atoms with E-state index in [-0.39, 0.29) is 0 Å². The summed E-state index contributed by atoms with van der Waals surface area (Å²) in [5.74, 6) is 1.60. The fourth-order valence-electron chi connectivity index (χ4n) is 1.53. The molecule has 2 aromatic rings. The van der Waals surface area contributed by atoms with Gasteiger partial charge >= 0.3 is 0 Å². The Morgan fingerprint density at radius 1 is 1.12 bits per heavy atom. The zero-order chi connectivity index (χ0) is 11.5. The predicted octanol–water partition coefficient (Wildman–Crippen LogP) is 2.24. The predicted molar refractivity (Wildman–Crippen MR) is 63.8 cm³/mol. The Hall–Kier alpha value is -1.97. The average molecular weight is 214 g/mol. The van der Waals surface area contributed by atoms with Crippen LogP contribution in [0.2, 0.25) is 0 Å². The zero-order valence-corrected chi connectivity index (χ0v) is 9.38. The van der Waals surface area contributed by atoms with Crippen molar-refractivity contribution in [1.29, 1.82) is 0 Å². The van der Waals surface area contributed by atoms with E-state index in [9.17, 15) is 0 Å². The number of aromatic nitrogens is 3. The van der Waals surface area contributed by atoms with Crippen molar-refractivity contribution < 1.29 is 0 Å². The van der Waals surface area contributed by atoms with Gasteiger partial charge in [-0.3, -0.25) is 0 Å². The highest BCUT2D eigenvalue weighted by molar-refractivity contribution is 5.58. The van der Waals surface area contributed by atoms with Gasteiger partial charge in [0.05, 0.1) is 0 Å². The third-order valence-corrected chi connectivity index (χ3v) is 2.40. The lowest BCUT2D eigenvalue weighted by Crippen LogP contribution is -2.00. The Morgan fingerprint density at radius 3 is 2.44 bits per heavy atom. The van der Waals surface area contributed by atoms with Gasteiger partial charge in [-0.15, -0.1) is 0 Å². The SMILES string of the molecule is CC(C)c1cc(-c2ncccn2)cnc1N. The molecule has 0 bridgehead atoms. The molecule has 0 saturated carbocycles. The van der Waals surface area contributed by atoms with Crippen LogP contribution < -0.4 is 5.73 Å². The first kappa shape index (κ1) is 10.5. The molecule has 0 spiro atoms. The molecule has 4 heteroatoms. The summed E-state index contributed by atoms with van der Waals surface area (Å²) in [5, 5.41) is 0. The molecule has 0 saturated heterocycles. The van der Waals surface area contributed by atoms with E-state index in [2.05, 4.69) is 28.8 Å². The fraction of sp³-hybridized carbons (Fsp3) is 0.250. The molecule has 0 atom stereocenters. The first-order valence-corrected chi connectivity index (χ1v) is 5.21. The molecular formula is C12H14N4. The molecule has 2 rings (SSSR count). The summed E-state index contributed by atoms with van der Waals surface area (Å²) in [6.07, 6.45) is 5.14. The second-order valence-corrected chi connectivity index (χ2v) is 3.93. The molecular weight excluding hydrogens is 200 g/mol. The number of nitrogens with two attached hydrogens (primary N) is 1. The molecule has 0 aliphatic carbocycles. The van der Waals surface area contributed by atoms with Crippen molar-refractivity contribution in [3.05, 3.63) is 36.3 Å². The molecule has 0 aliphatic heterocycles. The number of pyridine rings is 1. The monoisotopic (exact) mass is 214 g/mol. The van der Waals surface area contributed by atoms with Crippen molar-refractivity contribution in [2.24, 2.45) is 0 Å². The van der Waals surface area contributed by atoms with Crippen LogP contribution in [0.5, 0.6) is 0 Å². The molecule has 4 nitrogen and oxygen atoms in total. The topological polar surface area (TPSA) is 64.7 Å². The van der Waals surface area contributed by atoms with Crippen LogP contribution in [0.15, 0.2) is 30.7 Å². The Bertz CT molecular complexity index is 480. The molecule has 2 heterocycles. The first-order valence-electron chi connectivity index (χ1n) is 5.21. The quantitative estimate of drug-likeness (QED) is 0.832. The average Bonchev–Trinajstić information content (AvgIpc) is 2.30. The Labute approximate surface area is 94.6 Å². The van der Waals surface area contributed by atoms with Crippen LogP contribution in [-0.2, 0) is 0 Å². The van der Waals surface area contributed by atoms with Crippen LogP contribution in [0.25, 0.3) is 11.4 Å². The summed E-state index contributed by atoms with van der Waals surface area (Å²) in [6.45, 7) is 4.17. The van der Waals surface area contributed by atoms with Gasteiger partial charge in [0.25, 0.3) is 0 Å². The van der Waals surface area contributed by atoms with Crippen molar-refractivity contribution in [3.63, 3.8) is 0 Å². The van der Waals surface area contributed by atoms with E-state index in [1.165, 1.54) is 0 Å². The molecule has 82 valence electrons. The van der Waals surface area contributed by atoms with E-state index in [4.69, 9.17) is 5.73 Å². The summed E-state index contributed by atoms with van der Waals surface area (Å²) < 4.78 is 0. The second kappa shape index (κ2) is 4.26. The van der Waals surface area contributed by atoms with Gasteiger partial charge in [-0.1, -0.05) is 13.8 Å². The fourth-order valence-corrected chi connectivity index (χ4v) is 1.53. The molecule has 2 N–H and O–H groups in total. The number of anilines is 1. The lowest BCUT2D eigenvalue weighted by molar-refractivity contribution is 0.863. The molecule has 0 amide bonds. The first-order chi connectivity index (χ1) is 7.68. The lowest BCUT2D eigenvalue weighted by Gasteiger charge is -2.09. The normalized spacial score (nSPS) is 10.7. The summed E-state index contributed by atoms with van der Waals surface area (Å²) >= 11 is 0. The maximum Gasteiger partial charge on any atom is 0.160 e. The van der Waals surface area contributed by atoms with Crippen LogP contribution in [0, 0.1) is 0 Å². The number of rotatable bonds is 2. The van der Waals surface area contributed by atoms with Crippen LogP contribution in [0.4, 0.5) is 5.82 Å². The van der Waals surface area contributed by atoms with Gasteiger partial charge in [-0.2, -0.15) is 0 Å². The van der Waals surface area contributed by atoms with E-state index in [1.54, 1.807) is 24.7 Å². The van der Waals surface area contributed by atoms with Gasteiger partial charge < -0.3 is 5.73 Å². The van der Waals surface area contributed by atoms with Gasteiger partial charge in [-0.25, -0.2) is 15.0 Å². The van der Waals surface area contributed by atoms with Crippen molar-refractivity contribution in [2.45, 2.75) is 19.8 Å². The molecule has 0 aliphatic rings. The maximum absolute atomic E-state index is 5.82. The van der Waals surface area contributed by atoms with Gasteiger partial charge in [-0.05, 0) is 23.6 Å². The molecule has 16 heavy (non-hydrogen) atoms. The maximum atomic E-state index is 5.82. The minimum atomic E-state index is 0.344. The standard InChI is InChI=1S/C12H14N4/c1-8(2)10-6-9(7-16-11(10)13)12-14-4-3-5-15-12/h3-8H,1-2H3,(H2,13,16). The zero-order valence-electron chi connectivity index (χ0n) is 9.38. The largest absolute Gasteiger partial charge is 0.383 e. The second-order valence-electron chi connectivity index (χ2n) is 3.93. The summed E-state index contributed by atoms with van der Waals surface area (Å²) in [6, 6.07) is 3.79. The number of hydrogen-bond acceptors (Lipinski definition) is 4. The highest BCUT2D eigenvalue weighted by Gasteiger charge is 2.08. The highest BCUT2D eigenvalue weighted by atomic mass is 14.9. The molecule has 0 fully saturated rings. The van der Waals surface area contributed by atoms with E-state index >= 15 is 0 Å².